The van der Waals surface area contributed by atoms with Crippen LogP contribution in [0.2, 0.25) is 0 Å². The molecule has 0 spiro atoms. The molecule has 0 saturated heterocycles. The average molecular weight is 1480 g/mol. The molecule has 22 nitrogen and oxygen atoms in total. The number of fused-ring (bicyclic) bond motifs is 5. The summed E-state index contributed by atoms with van der Waals surface area (Å²) in [5.74, 6) is -5.57. The summed E-state index contributed by atoms with van der Waals surface area (Å²) in [6, 6.07) is 48.6. The Bertz CT molecular complexity index is 6140. The normalized spacial score (nSPS) is 11.3. The molecule has 0 radical (unpaired) electrons. The van der Waals surface area contributed by atoms with Crippen molar-refractivity contribution in [3.63, 3.8) is 0 Å². The number of nitrogens with zero attached hydrogens (tertiary/aromatic N) is 11. The number of carboxylic acid groups (broad SMARTS) is 1. The van der Waals surface area contributed by atoms with Gasteiger partial charge < -0.3 is 21.9 Å². The van der Waals surface area contributed by atoms with Gasteiger partial charge in [0, 0.05) is 108 Å². The number of H-pyrrole nitrogens is 1. The summed E-state index contributed by atoms with van der Waals surface area (Å²) >= 11 is 0. The van der Waals surface area contributed by atoms with Crippen molar-refractivity contribution in [1.82, 2.24) is 49.3 Å². The monoisotopic (exact) mass is 1480 g/mol. The van der Waals surface area contributed by atoms with Gasteiger partial charge in [0.05, 0.1) is 77.1 Å². The highest BCUT2D eigenvalue weighted by molar-refractivity contribution is 6.12. The fourth-order valence-corrected chi connectivity index (χ4v) is 11.2. The number of nitro benzene ring substituents is 2. The predicted octanol–water partition coefficient (Wildman–Crippen LogP) is 17.6. The van der Waals surface area contributed by atoms with Gasteiger partial charge in [0.2, 0.25) is 11.6 Å². The van der Waals surface area contributed by atoms with Crippen molar-refractivity contribution in [2.24, 2.45) is 28.2 Å². The van der Waals surface area contributed by atoms with E-state index >= 15 is 0 Å². The van der Waals surface area contributed by atoms with Crippen molar-refractivity contribution in [3.8, 4) is 0 Å². The number of aromatic amines is 1. The Kier molecular flexibility index (Phi) is 22.8. The molecular weight excluding hydrogens is 1420 g/mol. The Labute approximate surface area is 612 Å². The van der Waals surface area contributed by atoms with E-state index in [0.717, 1.165) is 40.6 Å². The van der Waals surface area contributed by atoms with Gasteiger partial charge in [-0.1, -0.05) is 91.0 Å². The standard InChI is InChI=1S/2C16H11F2N3O2.2C16H13F2N3.C15H11N3O3/c1-20-15-9-13(18)16(21(22)23)8-12(15)14(19-20)6-5-10-3-2-4-11(17)7-10;1-20-15-9-13(18)16(21(22)23)8-11(15)14(19-20)7-6-10-4-2-3-5-12(10)17;1-21-16-9-13(18)14(19)8-12(16)15(20-21)6-5-10-3-2-4-11(17)7-10;1-21-16-9-13(18)14(19)8-11(16)15(20-21)7-6-10-4-2-3-5-12(10)17;19-14(16-10-4-2-1-3-5-10)13-11-8-9(15(20)21)6-7-12(11)17-18-13/h2*2-9H,1H3;2*2-9H,19H2,1H3;1-8H,(H,16,19)(H,17,18)(H,20,21)/b6-5+;7-6+;6-5+;7-6+;. The van der Waals surface area contributed by atoms with Gasteiger partial charge in [-0.3, -0.25) is 48.8 Å². The minimum Gasteiger partial charge on any atom is -0.478 e. The SMILES string of the molecule is Cn1nc(/C=C/c2cccc(F)c2)c2cc(N)c(F)cc21.Cn1nc(/C=C/c2cccc(F)c2)c2cc([N+](=O)[O-])c(F)cc21.Cn1nc(/C=C/c2ccccc2F)c2cc(N)c(F)cc21.Cn1nc(/C=C/c2ccccc2F)c2cc([N+](=O)[O-])c(F)cc21.O=C(O)c1ccc2[nH]nc(C(=O)Nc3ccccc3)c2c1. The first kappa shape index (κ1) is 75.4. The number of hydrogen-bond donors (Lipinski definition) is 5. The summed E-state index contributed by atoms with van der Waals surface area (Å²) < 4.78 is 114. The number of para-hydroxylation sites is 1. The zero-order valence-electron chi connectivity index (χ0n) is 57.6. The van der Waals surface area contributed by atoms with Crippen LogP contribution in [0.3, 0.4) is 0 Å². The third-order valence-electron chi connectivity index (χ3n) is 16.6. The Morgan fingerprint density at radius 1 is 0.431 bits per heavy atom. The number of carboxylic acids is 1. The Hall–Kier alpha value is -14.7. The van der Waals surface area contributed by atoms with Gasteiger partial charge in [0.15, 0.2) is 5.69 Å². The van der Waals surface area contributed by atoms with Crippen LogP contribution >= 0.6 is 0 Å². The second kappa shape index (κ2) is 33.0. The molecule has 10 aromatic carbocycles. The maximum atomic E-state index is 13.7. The molecule has 0 atom stereocenters. The fraction of sp³-hybridized carbons (Fsp3) is 0.0506. The molecule has 30 heteroatoms. The van der Waals surface area contributed by atoms with Crippen LogP contribution in [0.15, 0.2) is 194 Å². The van der Waals surface area contributed by atoms with Gasteiger partial charge in [-0.2, -0.15) is 34.3 Å². The van der Waals surface area contributed by atoms with Crippen molar-refractivity contribution in [3.05, 3.63) is 317 Å². The second-order valence-electron chi connectivity index (χ2n) is 23.9. The molecule has 7 N–H and O–H groups in total. The molecule has 0 bridgehead atoms. The first-order valence-corrected chi connectivity index (χ1v) is 32.4. The molecule has 0 aliphatic heterocycles. The number of anilines is 3. The zero-order chi connectivity index (χ0) is 77.9. The lowest BCUT2D eigenvalue weighted by molar-refractivity contribution is -0.387. The summed E-state index contributed by atoms with van der Waals surface area (Å²) in [7, 11) is 6.68. The summed E-state index contributed by atoms with van der Waals surface area (Å²) in [6.07, 6.45) is 13.2. The van der Waals surface area contributed by atoms with Crippen LogP contribution in [-0.2, 0) is 28.2 Å². The lowest BCUT2D eigenvalue weighted by atomic mass is 10.1. The maximum Gasteiger partial charge on any atom is 0.335 e. The molecule has 0 aliphatic carbocycles. The van der Waals surface area contributed by atoms with Crippen LogP contribution in [0.5, 0.6) is 0 Å². The van der Waals surface area contributed by atoms with E-state index in [-0.39, 0.29) is 45.9 Å². The maximum absolute atomic E-state index is 13.7. The minimum absolute atomic E-state index is 0.0658. The molecule has 0 fully saturated rings. The molecule has 15 rings (SSSR count). The van der Waals surface area contributed by atoms with Gasteiger partial charge >= 0.3 is 17.3 Å². The lowest BCUT2D eigenvalue weighted by Gasteiger charge is -2.03. The number of hydrogen-bond acceptors (Lipinski definition) is 13. The van der Waals surface area contributed by atoms with Gasteiger partial charge in [0.1, 0.15) is 34.9 Å². The molecule has 0 saturated carbocycles. The molecule has 109 heavy (non-hydrogen) atoms. The third kappa shape index (κ3) is 17.7. The largest absolute Gasteiger partial charge is 0.478 e. The highest BCUT2D eigenvalue weighted by atomic mass is 19.2. The first-order chi connectivity index (χ1) is 52.2. The molecule has 1 amide bonds. The van der Waals surface area contributed by atoms with E-state index in [1.54, 1.807) is 183 Å². The van der Waals surface area contributed by atoms with E-state index in [0.29, 0.717) is 88.9 Å². The van der Waals surface area contributed by atoms with Crippen LogP contribution in [0, 0.1) is 66.8 Å². The number of aromatic carboxylic acids is 1. The Morgan fingerprint density at radius 3 is 1.21 bits per heavy atom. The molecule has 0 aliphatic rings. The van der Waals surface area contributed by atoms with E-state index < -0.39 is 56.4 Å². The zero-order valence-corrected chi connectivity index (χ0v) is 57.6. The predicted molar refractivity (Wildman–Crippen MR) is 404 cm³/mol. The van der Waals surface area contributed by atoms with Crippen LogP contribution in [0.4, 0.5) is 63.6 Å². The summed E-state index contributed by atoms with van der Waals surface area (Å²) in [5, 5.41) is 60.0. The van der Waals surface area contributed by atoms with Gasteiger partial charge in [-0.15, -0.1) is 0 Å². The summed E-state index contributed by atoms with van der Waals surface area (Å²) in [4.78, 5) is 43.4. The van der Waals surface area contributed by atoms with Crippen molar-refractivity contribution in [2.75, 3.05) is 16.8 Å². The van der Waals surface area contributed by atoms with Gasteiger partial charge in [0.25, 0.3) is 5.91 Å². The number of benzene rings is 10. The number of nitrogen functional groups attached to an aromatic ring is 2. The highest BCUT2D eigenvalue weighted by Gasteiger charge is 2.22. The molecule has 5 aromatic heterocycles. The van der Waals surface area contributed by atoms with E-state index in [4.69, 9.17) is 16.6 Å². The molecule has 548 valence electrons. The molecule has 0 unspecified atom stereocenters. The topological polar surface area (TPSA) is 305 Å². The number of rotatable bonds is 13. The third-order valence-corrected chi connectivity index (χ3v) is 16.6. The van der Waals surface area contributed by atoms with Crippen LogP contribution in [0.1, 0.15) is 65.9 Å². The van der Waals surface area contributed by atoms with E-state index in [9.17, 15) is 64.9 Å². The van der Waals surface area contributed by atoms with Crippen molar-refractivity contribution in [1.29, 1.82) is 0 Å². The van der Waals surface area contributed by atoms with Crippen LogP contribution < -0.4 is 16.8 Å². The fourth-order valence-electron chi connectivity index (χ4n) is 11.2. The Morgan fingerprint density at radius 2 is 0.817 bits per heavy atom. The first-order valence-electron chi connectivity index (χ1n) is 32.4. The summed E-state index contributed by atoms with van der Waals surface area (Å²) in [6.45, 7) is 0. The van der Waals surface area contributed by atoms with Crippen molar-refractivity contribution >= 4 is 143 Å². The number of carbonyl (C=O) groups is 2. The quantitative estimate of drug-likeness (QED) is 0.0310. The number of amides is 1. The van der Waals surface area contributed by atoms with E-state index in [1.165, 1.54) is 76.1 Å². The van der Waals surface area contributed by atoms with E-state index in [1.807, 2.05) is 6.07 Å². The second-order valence-corrected chi connectivity index (χ2v) is 23.9. The smallest absolute Gasteiger partial charge is 0.335 e. The van der Waals surface area contributed by atoms with E-state index in [2.05, 4.69) is 35.9 Å². The number of aromatic nitrogens is 10. The van der Waals surface area contributed by atoms with Gasteiger partial charge in [-0.05, 0) is 126 Å². The molecule has 15 aromatic rings. The number of aryl methyl sites for hydroxylation is 4. The number of carbonyl (C=O) groups excluding carboxylic acids is 1. The molecular formula is C79H59F8N15O7. The van der Waals surface area contributed by atoms with Crippen LogP contribution in [0.25, 0.3) is 103 Å². The van der Waals surface area contributed by atoms with Crippen molar-refractivity contribution in [2.45, 2.75) is 0 Å². The number of nitro groups is 2. The molecule has 5 heterocycles. The van der Waals surface area contributed by atoms with Gasteiger partial charge in [-0.25, -0.2) is 31.1 Å². The highest BCUT2D eigenvalue weighted by Crippen LogP contribution is 2.32. The Balaban J connectivity index is 0.000000135. The number of nitrogens with two attached hydrogens (primary N) is 2. The number of nitrogens with one attached hydrogen (secondary N) is 2. The lowest BCUT2D eigenvalue weighted by Crippen LogP contribution is -2.12. The van der Waals surface area contributed by atoms with Crippen molar-refractivity contribution < 1.29 is 59.7 Å². The minimum atomic E-state index is -1.05. The van der Waals surface area contributed by atoms with Crippen LogP contribution in [-0.4, -0.2) is 76.1 Å². The number of halogens is 8. The summed E-state index contributed by atoms with van der Waals surface area (Å²) in [5.41, 5.74) is 18.1. The average Bonchev–Trinajstić information content (AvgIpc) is 1.68.